The molecule has 0 N–H and O–H groups in total. The first-order chi connectivity index (χ1) is 53.9. The number of hydrogen-bond acceptors (Lipinski definition) is 3. The summed E-state index contributed by atoms with van der Waals surface area (Å²) in [6, 6.07) is 141. The van der Waals surface area contributed by atoms with Crippen LogP contribution in [-0.2, 0) is 10.8 Å². The molecule has 0 bridgehead atoms. The van der Waals surface area contributed by atoms with E-state index >= 15 is 0 Å². The average molecular weight is 1410 g/mol. The molecule has 0 unspecified atom stereocenters. The lowest BCUT2D eigenvalue weighted by Crippen LogP contribution is -2.61. The fourth-order valence-corrected chi connectivity index (χ4v) is 17.7. The zero-order valence-electron chi connectivity index (χ0n) is 62.6. The first-order valence-electron chi connectivity index (χ1n) is 38.5. The van der Waals surface area contributed by atoms with Crippen molar-refractivity contribution in [1.82, 2.24) is 9.13 Å². The van der Waals surface area contributed by atoms with Crippen molar-refractivity contribution in [2.45, 2.75) is 52.4 Å². The van der Waals surface area contributed by atoms with Crippen molar-refractivity contribution in [2.24, 2.45) is 0 Å². The second-order valence-corrected chi connectivity index (χ2v) is 31.6. The lowest BCUT2D eigenvalue weighted by molar-refractivity contribution is 0.590. The molecule has 0 fully saturated rings. The van der Waals surface area contributed by atoms with Crippen LogP contribution in [0.3, 0.4) is 0 Å². The van der Waals surface area contributed by atoms with Crippen LogP contribution < -0.4 is 31.1 Å². The summed E-state index contributed by atoms with van der Waals surface area (Å²) in [5.41, 5.74) is 33.7. The second-order valence-electron chi connectivity index (χ2n) is 31.6. The standard InChI is InChI=1S/C104H80BN5/c1-103(2,3)75-41-30-40-73(62-75)74-54-60-90-96(63-74)109(102-88(71-36-16-9-17-37-71)64-76(104(4,5)6)65-89(102)72-38-18-10-19-39-72)98-67-81(108-94-52-28-24-46-86(94)87-47-25-29-53-95(87)108)68-99-100(98)105(90)91-61-59-80(66-97(91)110(99)101-82(69-32-12-7-13-33-69)48-31-49-83(101)70-34-14-8-15-35-70)106(77-42-20-11-21-43-77)78-55-57-79(58-56-78)107-92-50-26-22-44-84(92)85-45-23-27-51-93(85)107/h7-68H,1-6H3. The maximum absolute atomic E-state index is 2.72. The number of anilines is 9. The highest BCUT2D eigenvalue weighted by molar-refractivity contribution is 7.00. The monoisotopic (exact) mass is 1410 g/mol. The minimum atomic E-state index is -0.289. The van der Waals surface area contributed by atoms with Crippen molar-refractivity contribution >= 4 is 118 Å². The Bertz CT molecular complexity index is 6380. The molecule has 5 nitrogen and oxygen atoms in total. The van der Waals surface area contributed by atoms with Gasteiger partial charge in [0.1, 0.15) is 0 Å². The molecule has 0 saturated carbocycles. The van der Waals surface area contributed by atoms with E-state index in [1.807, 2.05) is 0 Å². The molecule has 524 valence electrons. The normalized spacial score (nSPS) is 12.6. The van der Waals surface area contributed by atoms with Crippen LogP contribution in [0.15, 0.2) is 376 Å². The van der Waals surface area contributed by atoms with Gasteiger partial charge in [-0.1, -0.05) is 315 Å². The van der Waals surface area contributed by atoms with E-state index in [0.29, 0.717) is 0 Å². The summed E-state index contributed by atoms with van der Waals surface area (Å²) in [6.07, 6.45) is 0. The third-order valence-corrected chi connectivity index (χ3v) is 23.0. The quantitative estimate of drug-likeness (QED) is 0.114. The first-order valence-corrected chi connectivity index (χ1v) is 38.5. The third kappa shape index (κ3) is 11.0. The van der Waals surface area contributed by atoms with Crippen LogP contribution in [-0.4, -0.2) is 15.8 Å². The Labute approximate surface area is 644 Å². The minimum absolute atomic E-state index is 0.0815. The molecule has 0 spiro atoms. The molecule has 110 heavy (non-hydrogen) atoms. The van der Waals surface area contributed by atoms with Gasteiger partial charge in [-0.3, -0.25) is 0 Å². The van der Waals surface area contributed by atoms with Crippen LogP contribution in [0, 0.1) is 0 Å². The van der Waals surface area contributed by atoms with E-state index in [2.05, 4.69) is 441 Å². The summed E-state index contributed by atoms with van der Waals surface area (Å²) in [7, 11) is 0. The summed E-state index contributed by atoms with van der Waals surface area (Å²) in [6.45, 7) is 13.7. The van der Waals surface area contributed by atoms with Crippen LogP contribution in [0.2, 0.25) is 0 Å². The van der Waals surface area contributed by atoms with Gasteiger partial charge in [0.25, 0.3) is 6.71 Å². The number of rotatable bonds is 12. The fraction of sp³-hybridized carbons (Fsp3) is 0.0769. The second kappa shape index (κ2) is 26.2. The van der Waals surface area contributed by atoms with E-state index in [4.69, 9.17) is 0 Å². The SMILES string of the molecule is CC(C)(C)c1cccc(-c2ccc3c(c2)N(c2c(-c4ccccc4)cc(C(C)(C)C)cc2-c2ccccc2)c2cc(-n4c5ccccc5c5ccccc54)cc4c2B3c2ccc(N(c3ccccc3)c3ccc(-n5c6ccccc6c6ccccc65)cc3)cc2N4c2c(-c3ccccc3)cccc2-c2ccccc2)c1. The maximum Gasteiger partial charge on any atom is 0.252 e. The van der Waals surface area contributed by atoms with Gasteiger partial charge in [0.15, 0.2) is 0 Å². The van der Waals surface area contributed by atoms with E-state index in [1.165, 1.54) is 65.7 Å². The number of hydrogen-bond donors (Lipinski definition) is 0. The number of aromatic nitrogens is 2. The summed E-state index contributed by atoms with van der Waals surface area (Å²) in [4.78, 5) is 7.87. The Morgan fingerprint density at radius 3 is 1.08 bits per heavy atom. The molecule has 0 amide bonds. The van der Waals surface area contributed by atoms with Gasteiger partial charge in [0.05, 0.1) is 39.1 Å². The number of benzene rings is 16. The molecule has 18 aromatic rings. The van der Waals surface area contributed by atoms with Gasteiger partial charge in [0, 0.05) is 89.3 Å². The van der Waals surface area contributed by atoms with Crippen LogP contribution in [0.25, 0.3) is 111 Å². The van der Waals surface area contributed by atoms with Gasteiger partial charge >= 0.3 is 0 Å². The van der Waals surface area contributed by atoms with E-state index in [9.17, 15) is 0 Å². The van der Waals surface area contributed by atoms with Gasteiger partial charge in [-0.05, 0) is 175 Å². The smallest absolute Gasteiger partial charge is 0.252 e. The lowest BCUT2D eigenvalue weighted by Gasteiger charge is -2.46. The Morgan fingerprint density at radius 1 is 0.245 bits per heavy atom. The average Bonchev–Trinajstić information content (AvgIpc) is 0.749. The largest absolute Gasteiger partial charge is 0.310 e. The summed E-state index contributed by atoms with van der Waals surface area (Å²) >= 11 is 0. The van der Waals surface area contributed by atoms with Gasteiger partial charge in [-0.25, -0.2) is 0 Å². The van der Waals surface area contributed by atoms with Crippen molar-refractivity contribution in [1.29, 1.82) is 0 Å². The maximum atomic E-state index is 2.72. The van der Waals surface area contributed by atoms with E-state index < -0.39 is 0 Å². The van der Waals surface area contributed by atoms with Crippen LogP contribution in [0.4, 0.5) is 51.2 Å². The number of fused-ring (bicyclic) bond motifs is 10. The fourth-order valence-electron chi connectivity index (χ4n) is 17.7. The molecular formula is C104H80BN5. The molecule has 0 aliphatic carbocycles. The van der Waals surface area contributed by atoms with Crippen molar-refractivity contribution in [3.05, 3.63) is 387 Å². The van der Waals surface area contributed by atoms with E-state index in [1.54, 1.807) is 0 Å². The highest BCUT2D eigenvalue weighted by Gasteiger charge is 2.46. The lowest BCUT2D eigenvalue weighted by atomic mass is 9.33. The molecule has 0 radical (unpaired) electrons. The topological polar surface area (TPSA) is 19.6 Å². The first kappa shape index (κ1) is 66.1. The summed E-state index contributed by atoms with van der Waals surface area (Å²) < 4.78 is 4.95. The van der Waals surface area contributed by atoms with Crippen LogP contribution in [0.1, 0.15) is 52.7 Å². The molecule has 0 saturated heterocycles. The molecule has 6 heteroatoms. The molecule has 20 rings (SSSR count). The van der Waals surface area contributed by atoms with Crippen molar-refractivity contribution in [3.63, 3.8) is 0 Å². The van der Waals surface area contributed by atoms with Crippen LogP contribution >= 0.6 is 0 Å². The Morgan fingerprint density at radius 2 is 0.609 bits per heavy atom. The van der Waals surface area contributed by atoms with E-state index in [-0.39, 0.29) is 17.5 Å². The predicted molar refractivity (Wildman–Crippen MR) is 468 cm³/mol. The van der Waals surface area contributed by atoms with Gasteiger partial charge in [-0.15, -0.1) is 0 Å². The van der Waals surface area contributed by atoms with Gasteiger partial charge in [0.2, 0.25) is 0 Å². The minimum Gasteiger partial charge on any atom is -0.310 e. The number of nitrogens with zero attached hydrogens (tertiary/aromatic N) is 5. The predicted octanol–water partition coefficient (Wildman–Crippen LogP) is 26.4. The molecule has 2 aromatic heterocycles. The Hall–Kier alpha value is -13.4. The molecule has 4 heterocycles. The highest BCUT2D eigenvalue weighted by atomic mass is 15.2. The van der Waals surface area contributed by atoms with Crippen molar-refractivity contribution < 1.29 is 0 Å². The number of para-hydroxylation sites is 6. The van der Waals surface area contributed by atoms with E-state index in [0.717, 1.165) is 124 Å². The highest BCUT2D eigenvalue weighted by Crippen LogP contribution is 2.56. The van der Waals surface area contributed by atoms with Gasteiger partial charge in [-0.2, -0.15) is 0 Å². The van der Waals surface area contributed by atoms with Crippen molar-refractivity contribution in [2.75, 3.05) is 14.7 Å². The summed E-state index contributed by atoms with van der Waals surface area (Å²) in [5.74, 6) is 0. The summed E-state index contributed by atoms with van der Waals surface area (Å²) in [5, 5.41) is 4.87. The Balaban J connectivity index is 0.942. The van der Waals surface area contributed by atoms with Crippen molar-refractivity contribution in [3.8, 4) is 67.0 Å². The Kier molecular flexibility index (Phi) is 15.7. The van der Waals surface area contributed by atoms with Crippen LogP contribution in [0.5, 0.6) is 0 Å². The molecular weight excluding hydrogens is 1330 g/mol. The zero-order valence-corrected chi connectivity index (χ0v) is 62.6. The molecule has 0 atom stereocenters. The molecule has 2 aliphatic rings. The van der Waals surface area contributed by atoms with Gasteiger partial charge < -0.3 is 23.8 Å². The third-order valence-electron chi connectivity index (χ3n) is 23.0. The molecule has 2 aliphatic heterocycles. The molecule has 16 aromatic carbocycles. The zero-order chi connectivity index (χ0) is 73.9.